The molecule has 0 heterocycles. The molecule has 168 valence electrons. The molecule has 2 aromatic carbocycles. The van der Waals surface area contributed by atoms with E-state index in [2.05, 4.69) is 12.2 Å². The zero-order chi connectivity index (χ0) is 22.6. The van der Waals surface area contributed by atoms with E-state index in [0.717, 1.165) is 29.7 Å². The van der Waals surface area contributed by atoms with E-state index >= 15 is 0 Å². The van der Waals surface area contributed by atoms with Gasteiger partial charge in [-0.2, -0.15) is 0 Å². The summed E-state index contributed by atoms with van der Waals surface area (Å²) in [6.45, 7) is 4.81. The van der Waals surface area contributed by atoms with Crippen LogP contribution in [0.25, 0.3) is 0 Å². The Morgan fingerprint density at radius 3 is 2.61 bits per heavy atom. The minimum absolute atomic E-state index is 0.0759. The van der Waals surface area contributed by atoms with Gasteiger partial charge in [0.05, 0.1) is 12.9 Å². The lowest BCUT2D eigenvalue weighted by atomic mass is 10.1. The smallest absolute Gasteiger partial charge is 0.242 e. The van der Waals surface area contributed by atoms with Crippen LogP contribution in [-0.4, -0.2) is 42.2 Å². The first-order chi connectivity index (χ1) is 14.9. The predicted molar refractivity (Wildman–Crippen MR) is 129 cm³/mol. The zero-order valence-electron chi connectivity index (χ0n) is 18.4. The van der Waals surface area contributed by atoms with Crippen LogP contribution in [0.4, 0.5) is 0 Å². The second-order valence-electron chi connectivity index (χ2n) is 7.32. The van der Waals surface area contributed by atoms with Crippen molar-refractivity contribution >= 4 is 35.2 Å². The highest BCUT2D eigenvalue weighted by Gasteiger charge is 2.26. The molecule has 0 saturated heterocycles. The van der Waals surface area contributed by atoms with Gasteiger partial charge >= 0.3 is 0 Å². The van der Waals surface area contributed by atoms with E-state index in [-0.39, 0.29) is 17.6 Å². The van der Waals surface area contributed by atoms with Gasteiger partial charge in [0.2, 0.25) is 11.8 Å². The summed E-state index contributed by atoms with van der Waals surface area (Å²) in [6.07, 6.45) is 1.92. The number of ether oxygens (including phenoxy) is 1. The van der Waals surface area contributed by atoms with E-state index in [1.165, 1.54) is 11.8 Å². The lowest BCUT2D eigenvalue weighted by Gasteiger charge is -2.29. The van der Waals surface area contributed by atoms with Crippen molar-refractivity contribution < 1.29 is 14.3 Å². The minimum atomic E-state index is -0.567. The van der Waals surface area contributed by atoms with Gasteiger partial charge in [-0.1, -0.05) is 49.2 Å². The average molecular weight is 463 g/mol. The molecule has 7 heteroatoms. The number of nitrogens with one attached hydrogen (secondary N) is 1. The second kappa shape index (κ2) is 13.3. The first-order valence-electron chi connectivity index (χ1n) is 10.5. The number of carbonyl (C=O) groups is 2. The fraction of sp³-hybridized carbons (Fsp3) is 0.417. The summed E-state index contributed by atoms with van der Waals surface area (Å²) < 4.78 is 5.30. The van der Waals surface area contributed by atoms with Gasteiger partial charge in [0, 0.05) is 23.9 Å². The standard InChI is InChI=1S/C24H31ClN2O3S/c1-4-5-12-26-24(29)18(2)27(15-19-8-7-11-22(14-19)30-3)23(28)17-31-16-20-9-6-10-21(25)13-20/h6-11,13-14,18H,4-5,12,15-17H2,1-3H3,(H,26,29)/t18-/m0/s1. The molecule has 1 N–H and O–H groups in total. The number of carbonyl (C=O) groups excluding carboxylic acids is 2. The second-order valence-corrected chi connectivity index (χ2v) is 8.74. The number of amides is 2. The summed E-state index contributed by atoms with van der Waals surface area (Å²) in [5.41, 5.74) is 1.98. The lowest BCUT2D eigenvalue weighted by molar-refractivity contribution is -0.138. The third-order valence-electron chi connectivity index (χ3n) is 4.87. The van der Waals surface area contributed by atoms with Crippen LogP contribution in [0, 0.1) is 0 Å². The van der Waals surface area contributed by atoms with E-state index in [1.54, 1.807) is 18.9 Å². The molecule has 0 spiro atoms. The number of rotatable bonds is 12. The Kier molecular flexibility index (Phi) is 10.7. The zero-order valence-corrected chi connectivity index (χ0v) is 20.0. The van der Waals surface area contributed by atoms with E-state index < -0.39 is 6.04 Å². The van der Waals surface area contributed by atoms with Gasteiger partial charge in [-0.05, 0) is 48.7 Å². The monoisotopic (exact) mass is 462 g/mol. The summed E-state index contributed by atoms with van der Waals surface area (Å²) in [6, 6.07) is 14.6. The molecule has 0 fully saturated rings. The summed E-state index contributed by atoms with van der Waals surface area (Å²) in [7, 11) is 1.61. The highest BCUT2D eigenvalue weighted by Crippen LogP contribution is 2.20. The maximum atomic E-state index is 13.1. The predicted octanol–water partition coefficient (Wildman–Crippen LogP) is 4.92. The Hall–Kier alpha value is -2.18. The van der Waals surface area contributed by atoms with Crippen LogP contribution in [0.5, 0.6) is 5.75 Å². The summed E-state index contributed by atoms with van der Waals surface area (Å²) in [5, 5.41) is 3.62. The number of unbranched alkanes of at least 4 members (excludes halogenated alkanes) is 1. The molecule has 2 rings (SSSR count). The molecule has 31 heavy (non-hydrogen) atoms. The SMILES string of the molecule is CCCCNC(=O)[C@H](C)N(Cc1cccc(OC)c1)C(=O)CSCc1cccc(Cl)c1. The van der Waals surface area contributed by atoms with Crippen molar-refractivity contribution in [3.05, 3.63) is 64.7 Å². The van der Waals surface area contributed by atoms with E-state index in [0.29, 0.717) is 23.9 Å². The Bertz CT molecular complexity index is 862. The molecule has 0 radical (unpaired) electrons. The van der Waals surface area contributed by atoms with Crippen molar-refractivity contribution in [2.45, 2.75) is 45.0 Å². The highest BCUT2D eigenvalue weighted by molar-refractivity contribution is 7.99. The van der Waals surface area contributed by atoms with Crippen LogP contribution in [0.1, 0.15) is 37.8 Å². The van der Waals surface area contributed by atoms with Crippen LogP contribution < -0.4 is 10.1 Å². The van der Waals surface area contributed by atoms with Crippen molar-refractivity contribution in [3.8, 4) is 5.75 Å². The number of methoxy groups -OCH3 is 1. The van der Waals surface area contributed by atoms with Gasteiger partial charge < -0.3 is 15.0 Å². The van der Waals surface area contributed by atoms with Crippen molar-refractivity contribution in [3.63, 3.8) is 0 Å². The summed E-state index contributed by atoms with van der Waals surface area (Å²) in [4.78, 5) is 27.4. The van der Waals surface area contributed by atoms with E-state index in [1.807, 2.05) is 48.5 Å². The van der Waals surface area contributed by atoms with Gasteiger partial charge in [-0.3, -0.25) is 9.59 Å². The molecule has 0 unspecified atom stereocenters. The Morgan fingerprint density at radius 1 is 1.16 bits per heavy atom. The summed E-state index contributed by atoms with van der Waals surface area (Å²) in [5.74, 6) is 1.47. The number of nitrogens with zero attached hydrogens (tertiary/aromatic N) is 1. The van der Waals surface area contributed by atoms with Gasteiger partial charge in [-0.25, -0.2) is 0 Å². The molecule has 0 bridgehead atoms. The summed E-state index contributed by atoms with van der Waals surface area (Å²) >= 11 is 7.56. The van der Waals surface area contributed by atoms with Gasteiger partial charge in [0.25, 0.3) is 0 Å². The van der Waals surface area contributed by atoms with Crippen LogP contribution >= 0.6 is 23.4 Å². The Balaban J connectivity index is 2.07. The Morgan fingerprint density at radius 2 is 1.90 bits per heavy atom. The normalized spacial score (nSPS) is 11.6. The minimum Gasteiger partial charge on any atom is -0.497 e. The molecule has 2 aromatic rings. The first-order valence-corrected chi connectivity index (χ1v) is 12.0. The molecule has 1 atom stereocenters. The number of hydrogen-bond donors (Lipinski definition) is 1. The molecule has 0 aromatic heterocycles. The molecule has 5 nitrogen and oxygen atoms in total. The van der Waals surface area contributed by atoms with E-state index in [4.69, 9.17) is 16.3 Å². The van der Waals surface area contributed by atoms with Gasteiger partial charge in [-0.15, -0.1) is 11.8 Å². The molecule has 0 aliphatic heterocycles. The maximum absolute atomic E-state index is 13.1. The van der Waals surface area contributed by atoms with Gasteiger partial charge in [0.15, 0.2) is 0 Å². The fourth-order valence-corrected chi connectivity index (χ4v) is 4.12. The average Bonchev–Trinajstić information content (AvgIpc) is 2.77. The third kappa shape index (κ3) is 8.46. The molecular weight excluding hydrogens is 432 g/mol. The van der Waals surface area contributed by atoms with Crippen LogP contribution in [0.2, 0.25) is 5.02 Å². The fourth-order valence-electron chi connectivity index (χ4n) is 3.05. The molecule has 2 amide bonds. The molecule has 0 saturated carbocycles. The Labute approximate surface area is 194 Å². The van der Waals surface area contributed by atoms with Crippen LogP contribution in [0.15, 0.2) is 48.5 Å². The maximum Gasteiger partial charge on any atom is 0.242 e. The van der Waals surface area contributed by atoms with Crippen molar-refractivity contribution in [1.82, 2.24) is 10.2 Å². The van der Waals surface area contributed by atoms with Gasteiger partial charge in [0.1, 0.15) is 11.8 Å². The quantitative estimate of drug-likeness (QED) is 0.455. The highest BCUT2D eigenvalue weighted by atomic mass is 35.5. The van der Waals surface area contributed by atoms with Crippen molar-refractivity contribution in [2.24, 2.45) is 0 Å². The molecule has 0 aliphatic carbocycles. The number of hydrogen-bond acceptors (Lipinski definition) is 4. The first kappa shape index (κ1) is 25.1. The third-order valence-corrected chi connectivity index (χ3v) is 6.09. The number of benzene rings is 2. The number of halogens is 1. The topological polar surface area (TPSA) is 58.6 Å². The number of thioether (sulfide) groups is 1. The van der Waals surface area contributed by atoms with Crippen molar-refractivity contribution in [1.29, 1.82) is 0 Å². The lowest BCUT2D eigenvalue weighted by Crippen LogP contribution is -2.48. The molecular formula is C24H31ClN2O3S. The largest absolute Gasteiger partial charge is 0.497 e. The molecule has 0 aliphatic rings. The van der Waals surface area contributed by atoms with Crippen LogP contribution in [-0.2, 0) is 21.9 Å². The van der Waals surface area contributed by atoms with Crippen LogP contribution in [0.3, 0.4) is 0 Å². The van der Waals surface area contributed by atoms with E-state index in [9.17, 15) is 9.59 Å². The van der Waals surface area contributed by atoms with Crippen molar-refractivity contribution in [2.75, 3.05) is 19.4 Å².